The van der Waals surface area contributed by atoms with Crippen LogP contribution in [-0.2, 0) is 32.6 Å². The molecule has 9 heteroatoms. The molecule has 0 aliphatic rings. The molecule has 3 rings (SSSR count). The van der Waals surface area contributed by atoms with Crippen LogP contribution in [0.25, 0.3) is 0 Å². The van der Waals surface area contributed by atoms with Crippen molar-refractivity contribution in [2.24, 2.45) is 0 Å². The van der Waals surface area contributed by atoms with Crippen LogP contribution in [0, 0.1) is 5.82 Å². The summed E-state index contributed by atoms with van der Waals surface area (Å²) in [5, 5.41) is 2.88. The monoisotopic (exact) mass is 553 g/mol. The summed E-state index contributed by atoms with van der Waals surface area (Å²) in [7, 11) is -4.12. The van der Waals surface area contributed by atoms with Gasteiger partial charge in [0.25, 0.3) is 10.0 Å². The first-order chi connectivity index (χ1) is 18.3. The summed E-state index contributed by atoms with van der Waals surface area (Å²) in [5.74, 6) is -1.39. The number of halogens is 1. The molecule has 0 bridgehead atoms. The van der Waals surface area contributed by atoms with Gasteiger partial charge < -0.3 is 10.2 Å². The number of aryl methyl sites for hydroxylation is 1. The fraction of sp³-hybridized carbons (Fsp3) is 0.333. The number of hydrogen-bond acceptors (Lipinski definition) is 4. The SMILES string of the molecule is CCc1ccc(N(CC(=O)N(Cc2ccc(F)cc2)[C@H](C)C(=O)NC(C)(C)C)S(=O)(=O)c2ccccc2)cc1. The zero-order valence-electron chi connectivity index (χ0n) is 23.0. The summed E-state index contributed by atoms with van der Waals surface area (Å²) >= 11 is 0. The molecule has 0 aliphatic carbocycles. The van der Waals surface area contributed by atoms with E-state index < -0.39 is 39.9 Å². The van der Waals surface area contributed by atoms with Crippen LogP contribution in [0.3, 0.4) is 0 Å². The Bertz CT molecular complexity index is 1370. The number of carbonyl (C=O) groups excluding carboxylic acids is 2. The highest BCUT2D eigenvalue weighted by Crippen LogP contribution is 2.25. The molecule has 39 heavy (non-hydrogen) atoms. The largest absolute Gasteiger partial charge is 0.350 e. The Hall–Kier alpha value is -3.72. The summed E-state index contributed by atoms with van der Waals surface area (Å²) in [6.45, 7) is 8.54. The Balaban J connectivity index is 2.02. The molecular weight excluding hydrogens is 517 g/mol. The summed E-state index contributed by atoms with van der Waals surface area (Å²) in [6, 6.07) is 19.6. The standard InChI is InChI=1S/C30H36FN3O4S/c1-6-23-14-18-26(19-15-23)34(39(37,38)27-10-8-7-9-11-27)21-28(35)33(20-24-12-16-25(31)17-13-24)22(2)29(36)32-30(3,4)5/h7-19,22H,6,20-21H2,1-5H3,(H,32,36)/t22-/m1/s1. The molecule has 0 heterocycles. The fourth-order valence-electron chi connectivity index (χ4n) is 3.99. The molecule has 0 fully saturated rings. The number of nitrogens with zero attached hydrogens (tertiary/aromatic N) is 2. The first-order valence-corrected chi connectivity index (χ1v) is 14.3. The number of anilines is 1. The van der Waals surface area contributed by atoms with E-state index in [1.807, 2.05) is 39.8 Å². The third kappa shape index (κ3) is 7.89. The van der Waals surface area contributed by atoms with Crippen LogP contribution >= 0.6 is 0 Å². The second-order valence-corrected chi connectivity index (χ2v) is 12.3. The van der Waals surface area contributed by atoms with E-state index in [1.54, 1.807) is 37.3 Å². The number of sulfonamides is 1. The van der Waals surface area contributed by atoms with Crippen molar-refractivity contribution in [2.45, 2.75) is 64.1 Å². The van der Waals surface area contributed by atoms with Crippen molar-refractivity contribution < 1.29 is 22.4 Å². The lowest BCUT2D eigenvalue weighted by molar-refractivity contribution is -0.140. The van der Waals surface area contributed by atoms with E-state index in [4.69, 9.17) is 0 Å². The van der Waals surface area contributed by atoms with E-state index >= 15 is 0 Å². The van der Waals surface area contributed by atoms with E-state index in [0.717, 1.165) is 16.3 Å². The average Bonchev–Trinajstić information content (AvgIpc) is 2.90. The number of carbonyl (C=O) groups is 2. The van der Waals surface area contributed by atoms with E-state index in [-0.39, 0.29) is 17.3 Å². The van der Waals surface area contributed by atoms with Gasteiger partial charge in [0.05, 0.1) is 10.6 Å². The topological polar surface area (TPSA) is 86.8 Å². The predicted octanol–water partition coefficient (Wildman–Crippen LogP) is 4.92. The van der Waals surface area contributed by atoms with Gasteiger partial charge in [-0.15, -0.1) is 0 Å². The highest BCUT2D eigenvalue weighted by molar-refractivity contribution is 7.92. The fourth-order valence-corrected chi connectivity index (χ4v) is 5.42. The van der Waals surface area contributed by atoms with Gasteiger partial charge in [-0.2, -0.15) is 0 Å². The van der Waals surface area contributed by atoms with Crippen LogP contribution in [0.1, 0.15) is 45.7 Å². The summed E-state index contributed by atoms with van der Waals surface area (Å²) in [4.78, 5) is 28.3. The van der Waals surface area contributed by atoms with Crippen molar-refractivity contribution in [3.63, 3.8) is 0 Å². The Kier molecular flexibility index (Phi) is 9.50. The number of rotatable bonds is 10. The third-order valence-electron chi connectivity index (χ3n) is 6.17. The molecule has 3 aromatic rings. The van der Waals surface area contributed by atoms with Crippen molar-refractivity contribution in [3.8, 4) is 0 Å². The first-order valence-electron chi connectivity index (χ1n) is 12.8. The molecule has 208 valence electrons. The maximum Gasteiger partial charge on any atom is 0.264 e. The quantitative estimate of drug-likeness (QED) is 0.386. The van der Waals surface area contributed by atoms with Crippen molar-refractivity contribution in [1.82, 2.24) is 10.2 Å². The van der Waals surface area contributed by atoms with Crippen molar-refractivity contribution >= 4 is 27.5 Å². The van der Waals surface area contributed by atoms with E-state index in [0.29, 0.717) is 11.3 Å². The number of benzene rings is 3. The predicted molar refractivity (Wildman–Crippen MR) is 151 cm³/mol. The molecule has 0 saturated carbocycles. The van der Waals surface area contributed by atoms with Gasteiger partial charge in [-0.25, -0.2) is 12.8 Å². The molecule has 1 N–H and O–H groups in total. The van der Waals surface area contributed by atoms with Crippen LogP contribution in [0.4, 0.5) is 10.1 Å². The highest BCUT2D eigenvalue weighted by atomic mass is 32.2. The van der Waals surface area contributed by atoms with Gasteiger partial charge in [0.1, 0.15) is 18.4 Å². The minimum Gasteiger partial charge on any atom is -0.350 e. The van der Waals surface area contributed by atoms with Crippen molar-refractivity contribution in [3.05, 3.63) is 95.8 Å². The Morgan fingerprint density at radius 3 is 2.00 bits per heavy atom. The van der Waals surface area contributed by atoms with Crippen molar-refractivity contribution in [1.29, 1.82) is 0 Å². The number of hydrogen-bond donors (Lipinski definition) is 1. The minimum atomic E-state index is -4.12. The van der Waals surface area contributed by atoms with Gasteiger partial charge in [0, 0.05) is 12.1 Å². The lowest BCUT2D eigenvalue weighted by Gasteiger charge is -2.33. The maximum absolute atomic E-state index is 13.9. The van der Waals surface area contributed by atoms with Crippen LogP contribution in [0.15, 0.2) is 83.8 Å². The molecule has 2 amide bonds. The molecule has 0 saturated heterocycles. The zero-order valence-corrected chi connectivity index (χ0v) is 23.8. The molecule has 0 radical (unpaired) electrons. The molecule has 0 unspecified atom stereocenters. The molecule has 0 spiro atoms. The Morgan fingerprint density at radius 1 is 0.897 bits per heavy atom. The summed E-state index contributed by atoms with van der Waals surface area (Å²) in [5.41, 5.74) is 1.41. The second kappa shape index (κ2) is 12.4. The molecule has 3 aromatic carbocycles. The van der Waals surface area contributed by atoms with Gasteiger partial charge in [-0.3, -0.25) is 13.9 Å². The number of amides is 2. The van der Waals surface area contributed by atoms with Crippen LogP contribution in [0.2, 0.25) is 0 Å². The molecular formula is C30H36FN3O4S. The Morgan fingerprint density at radius 2 is 1.46 bits per heavy atom. The smallest absolute Gasteiger partial charge is 0.264 e. The lowest BCUT2D eigenvalue weighted by atomic mass is 10.1. The normalized spacial score (nSPS) is 12.5. The van der Waals surface area contributed by atoms with Crippen LogP contribution in [-0.4, -0.2) is 43.3 Å². The van der Waals surface area contributed by atoms with Crippen LogP contribution in [0.5, 0.6) is 0 Å². The number of nitrogens with one attached hydrogen (secondary N) is 1. The summed E-state index contributed by atoms with van der Waals surface area (Å²) < 4.78 is 42.1. The van der Waals surface area contributed by atoms with Gasteiger partial charge in [0.2, 0.25) is 11.8 Å². The molecule has 0 aromatic heterocycles. The van der Waals surface area contributed by atoms with Gasteiger partial charge in [-0.05, 0) is 81.6 Å². The molecule has 0 aliphatic heterocycles. The first kappa shape index (κ1) is 29.8. The maximum atomic E-state index is 13.9. The average molecular weight is 554 g/mol. The molecule has 1 atom stereocenters. The Labute approximate surface area is 230 Å². The highest BCUT2D eigenvalue weighted by Gasteiger charge is 2.33. The third-order valence-corrected chi connectivity index (χ3v) is 7.96. The van der Waals surface area contributed by atoms with Gasteiger partial charge >= 0.3 is 0 Å². The van der Waals surface area contributed by atoms with E-state index in [1.165, 1.54) is 41.3 Å². The zero-order chi connectivity index (χ0) is 28.8. The van der Waals surface area contributed by atoms with E-state index in [9.17, 15) is 22.4 Å². The van der Waals surface area contributed by atoms with Crippen LogP contribution < -0.4 is 9.62 Å². The minimum absolute atomic E-state index is 0.00810. The molecule has 7 nitrogen and oxygen atoms in total. The van der Waals surface area contributed by atoms with Gasteiger partial charge in [-0.1, -0.05) is 49.4 Å². The lowest BCUT2D eigenvalue weighted by Crippen LogP contribution is -2.54. The van der Waals surface area contributed by atoms with Crippen molar-refractivity contribution in [2.75, 3.05) is 10.8 Å². The van der Waals surface area contributed by atoms with Gasteiger partial charge in [0.15, 0.2) is 0 Å². The van der Waals surface area contributed by atoms with E-state index in [2.05, 4.69) is 5.32 Å². The summed E-state index contributed by atoms with van der Waals surface area (Å²) in [6.07, 6.45) is 0.774. The second-order valence-electron chi connectivity index (χ2n) is 10.4.